The zero-order valence-electron chi connectivity index (χ0n) is 15.7. The zero-order chi connectivity index (χ0) is 22.1. The average Bonchev–Trinajstić information content (AvgIpc) is 3.00. The van der Waals surface area contributed by atoms with Crippen LogP contribution in [0.3, 0.4) is 0 Å². The van der Waals surface area contributed by atoms with Crippen LogP contribution in [0.1, 0.15) is 26.3 Å². The highest BCUT2D eigenvalue weighted by atomic mass is 16.6. The van der Waals surface area contributed by atoms with Crippen molar-refractivity contribution in [2.24, 2.45) is 0 Å². The van der Waals surface area contributed by atoms with Crippen LogP contribution in [0.25, 0.3) is 6.08 Å². The van der Waals surface area contributed by atoms with E-state index in [1.807, 2.05) is 0 Å². The summed E-state index contributed by atoms with van der Waals surface area (Å²) in [7, 11) is 0. The van der Waals surface area contributed by atoms with E-state index >= 15 is 0 Å². The summed E-state index contributed by atoms with van der Waals surface area (Å²) in [6.45, 7) is 0. The van der Waals surface area contributed by atoms with Crippen molar-refractivity contribution in [2.45, 2.75) is 0 Å². The first-order chi connectivity index (χ1) is 14.8. The number of ether oxygens (including phenoxy) is 1. The summed E-state index contributed by atoms with van der Waals surface area (Å²) in [5, 5.41) is 22.1. The molecular weight excluding hydrogens is 404 g/mol. The van der Waals surface area contributed by atoms with Crippen LogP contribution < -0.4 is 4.74 Å². The third kappa shape index (κ3) is 3.67. The number of non-ortho nitro benzene ring substituents is 1. The number of allylic oxidation sites excluding steroid dienone is 1. The van der Waals surface area contributed by atoms with Crippen LogP contribution in [0, 0.1) is 20.2 Å². The van der Waals surface area contributed by atoms with E-state index in [1.54, 1.807) is 36.4 Å². The van der Waals surface area contributed by atoms with E-state index in [4.69, 9.17) is 4.74 Å². The number of carbonyl (C=O) groups excluding carboxylic acids is 2. The molecule has 0 radical (unpaired) electrons. The van der Waals surface area contributed by atoms with Gasteiger partial charge in [-0.1, -0.05) is 36.4 Å². The Balaban J connectivity index is 1.58. The molecule has 0 saturated carbocycles. The van der Waals surface area contributed by atoms with Crippen LogP contribution >= 0.6 is 0 Å². The number of benzene rings is 3. The van der Waals surface area contributed by atoms with Gasteiger partial charge in [-0.3, -0.25) is 29.8 Å². The van der Waals surface area contributed by atoms with Gasteiger partial charge in [-0.2, -0.15) is 0 Å². The zero-order valence-corrected chi connectivity index (χ0v) is 15.7. The molecule has 0 unspecified atom stereocenters. The lowest BCUT2D eigenvalue weighted by atomic mass is 10.1. The molecular formula is C22H12N2O7. The summed E-state index contributed by atoms with van der Waals surface area (Å²) in [4.78, 5) is 45.5. The van der Waals surface area contributed by atoms with Crippen molar-refractivity contribution in [3.63, 3.8) is 0 Å². The van der Waals surface area contributed by atoms with Crippen LogP contribution in [0.5, 0.6) is 11.5 Å². The maximum atomic E-state index is 12.5. The lowest BCUT2D eigenvalue weighted by molar-refractivity contribution is -0.394. The van der Waals surface area contributed by atoms with Crippen molar-refractivity contribution in [1.29, 1.82) is 0 Å². The molecule has 1 aliphatic rings. The maximum absolute atomic E-state index is 12.5. The molecule has 0 atom stereocenters. The smallest absolute Gasteiger partial charge is 0.318 e. The fourth-order valence-electron chi connectivity index (χ4n) is 3.18. The highest BCUT2D eigenvalue weighted by molar-refractivity contribution is 6.41. The number of nitro groups is 2. The van der Waals surface area contributed by atoms with E-state index in [2.05, 4.69) is 0 Å². The first kappa shape index (κ1) is 19.6. The van der Waals surface area contributed by atoms with Crippen molar-refractivity contribution in [3.8, 4) is 11.5 Å². The minimum absolute atomic E-state index is 0.0564. The molecule has 152 valence electrons. The molecule has 3 aromatic carbocycles. The molecule has 1 aliphatic carbocycles. The van der Waals surface area contributed by atoms with Gasteiger partial charge in [0.1, 0.15) is 5.75 Å². The van der Waals surface area contributed by atoms with Crippen molar-refractivity contribution < 1.29 is 24.2 Å². The molecule has 0 amide bonds. The fourth-order valence-corrected chi connectivity index (χ4v) is 3.18. The van der Waals surface area contributed by atoms with Crippen molar-refractivity contribution in [1.82, 2.24) is 0 Å². The van der Waals surface area contributed by atoms with Crippen molar-refractivity contribution in [2.75, 3.05) is 0 Å². The van der Waals surface area contributed by atoms with Crippen LogP contribution in [0.2, 0.25) is 0 Å². The molecule has 0 saturated heterocycles. The van der Waals surface area contributed by atoms with Gasteiger partial charge >= 0.3 is 5.69 Å². The number of nitrogens with zero attached hydrogens (tertiary/aromatic N) is 2. The Hall–Kier alpha value is -4.66. The van der Waals surface area contributed by atoms with Gasteiger partial charge in [-0.25, -0.2) is 0 Å². The topological polar surface area (TPSA) is 130 Å². The van der Waals surface area contributed by atoms with Crippen molar-refractivity contribution in [3.05, 3.63) is 109 Å². The molecule has 3 aromatic rings. The predicted octanol–water partition coefficient (Wildman–Crippen LogP) is 4.76. The molecule has 0 N–H and O–H groups in total. The van der Waals surface area contributed by atoms with Gasteiger partial charge in [-0.15, -0.1) is 0 Å². The number of hydrogen-bond donors (Lipinski definition) is 0. The van der Waals surface area contributed by atoms with E-state index in [1.165, 1.54) is 18.2 Å². The van der Waals surface area contributed by atoms with Crippen LogP contribution in [0.15, 0.2) is 72.3 Å². The van der Waals surface area contributed by atoms with E-state index in [-0.39, 0.29) is 28.6 Å². The Bertz CT molecular complexity index is 1260. The molecule has 0 spiro atoms. The number of ketones is 2. The number of fused-ring (bicyclic) bond motifs is 1. The number of nitro benzene ring substituents is 2. The predicted molar refractivity (Wildman–Crippen MR) is 109 cm³/mol. The summed E-state index contributed by atoms with van der Waals surface area (Å²) < 4.78 is 5.50. The number of rotatable bonds is 5. The Morgan fingerprint density at radius 3 is 1.94 bits per heavy atom. The van der Waals surface area contributed by atoms with Gasteiger partial charge in [0, 0.05) is 17.2 Å². The minimum atomic E-state index is -0.768. The Labute approximate surface area is 174 Å². The molecule has 0 bridgehead atoms. The summed E-state index contributed by atoms with van der Waals surface area (Å²) in [6, 6.07) is 15.9. The average molecular weight is 416 g/mol. The van der Waals surface area contributed by atoms with E-state index in [0.717, 1.165) is 18.2 Å². The van der Waals surface area contributed by atoms with Gasteiger partial charge in [0.05, 0.1) is 21.5 Å². The van der Waals surface area contributed by atoms with Gasteiger partial charge in [0.15, 0.2) is 11.6 Å². The SMILES string of the molecule is O=C1C(=Cc2ccc(Oc3ccc([N+](=O)[O-])cc3[N+](=O)[O-])cc2)C(=O)c2ccccc21. The second-order valence-electron chi connectivity index (χ2n) is 6.60. The second-order valence-corrected chi connectivity index (χ2v) is 6.60. The molecule has 9 heteroatoms. The van der Waals surface area contributed by atoms with Gasteiger partial charge in [0.2, 0.25) is 5.75 Å². The van der Waals surface area contributed by atoms with Gasteiger partial charge in [-0.05, 0) is 29.8 Å². The van der Waals surface area contributed by atoms with E-state index in [0.29, 0.717) is 16.7 Å². The van der Waals surface area contributed by atoms with Crippen LogP contribution in [-0.2, 0) is 0 Å². The van der Waals surface area contributed by atoms with Crippen molar-refractivity contribution >= 4 is 29.0 Å². The summed E-state index contributed by atoms with van der Waals surface area (Å²) in [5.41, 5.74) is 0.387. The Morgan fingerprint density at radius 1 is 0.774 bits per heavy atom. The quantitative estimate of drug-likeness (QED) is 0.254. The Morgan fingerprint density at radius 2 is 1.39 bits per heavy atom. The largest absolute Gasteiger partial charge is 0.450 e. The molecule has 9 nitrogen and oxygen atoms in total. The Kier molecular flexibility index (Phi) is 4.84. The molecule has 0 heterocycles. The van der Waals surface area contributed by atoms with E-state index < -0.39 is 21.2 Å². The van der Waals surface area contributed by atoms with E-state index in [9.17, 15) is 29.8 Å². The standard InChI is InChI=1S/C22H12N2O7/c25-21-16-3-1-2-4-17(16)22(26)18(21)11-13-5-8-15(9-6-13)31-20-10-7-14(23(27)28)12-19(20)24(29)30/h1-12H. The third-order valence-electron chi connectivity index (χ3n) is 4.67. The lowest BCUT2D eigenvalue weighted by Gasteiger charge is -2.06. The summed E-state index contributed by atoms with van der Waals surface area (Å²) >= 11 is 0. The number of hydrogen-bond acceptors (Lipinski definition) is 7. The minimum Gasteiger partial charge on any atom is -0.450 e. The number of carbonyl (C=O) groups is 2. The van der Waals surface area contributed by atoms with Crippen LogP contribution in [0.4, 0.5) is 11.4 Å². The fraction of sp³-hybridized carbons (Fsp3) is 0. The monoisotopic (exact) mass is 416 g/mol. The van der Waals surface area contributed by atoms with Crippen LogP contribution in [-0.4, -0.2) is 21.4 Å². The third-order valence-corrected chi connectivity index (χ3v) is 4.67. The molecule has 31 heavy (non-hydrogen) atoms. The van der Waals surface area contributed by atoms with Gasteiger partial charge in [0.25, 0.3) is 5.69 Å². The highest BCUT2D eigenvalue weighted by Gasteiger charge is 2.32. The van der Waals surface area contributed by atoms with Gasteiger partial charge < -0.3 is 4.74 Å². The lowest BCUT2D eigenvalue weighted by Crippen LogP contribution is -2.00. The second kappa shape index (κ2) is 7.64. The highest BCUT2D eigenvalue weighted by Crippen LogP contribution is 2.35. The maximum Gasteiger partial charge on any atom is 0.318 e. The molecule has 0 aliphatic heterocycles. The molecule has 4 rings (SSSR count). The summed E-state index contributed by atoms with van der Waals surface area (Å²) in [5.74, 6) is -0.602. The summed E-state index contributed by atoms with van der Waals surface area (Å²) in [6.07, 6.45) is 1.47. The first-order valence-corrected chi connectivity index (χ1v) is 8.96. The molecule has 0 fully saturated rings. The normalized spacial score (nSPS) is 12.5. The molecule has 0 aromatic heterocycles. The number of Topliss-reactive ketones (excluding diaryl/α,β-unsaturated/α-hetero) is 2. The first-order valence-electron chi connectivity index (χ1n) is 8.96.